The number of fused-ring (bicyclic) bond motifs is 2. The Labute approximate surface area is 146 Å². The van der Waals surface area contributed by atoms with Crippen molar-refractivity contribution in [3.63, 3.8) is 0 Å². The molecule has 0 aromatic heterocycles. The Hall–Kier alpha value is -1.57. The van der Waals surface area contributed by atoms with Crippen molar-refractivity contribution in [3.8, 4) is 5.75 Å². The molecule has 0 bridgehead atoms. The normalized spacial score (nSPS) is 19.4. The molecule has 0 radical (unpaired) electrons. The van der Waals surface area contributed by atoms with Crippen LogP contribution in [0.1, 0.15) is 69.4 Å². The molecular weight excluding hydrogens is 296 g/mol. The molecule has 1 aromatic carbocycles. The number of unbranched alkanes of at least 4 members (excludes halogenated alkanes) is 5. The van der Waals surface area contributed by atoms with E-state index in [0.29, 0.717) is 11.7 Å². The number of ketones is 1. The summed E-state index contributed by atoms with van der Waals surface area (Å²) in [5.41, 5.74) is 5.29. The number of methoxy groups -OCH3 is 1. The summed E-state index contributed by atoms with van der Waals surface area (Å²) in [6.07, 6.45) is 11.4. The van der Waals surface area contributed by atoms with Crippen LogP contribution in [0.5, 0.6) is 5.75 Å². The van der Waals surface area contributed by atoms with Crippen LogP contribution in [0.4, 0.5) is 0 Å². The lowest BCUT2D eigenvalue weighted by Gasteiger charge is -2.25. The maximum atomic E-state index is 12.5. The highest BCUT2D eigenvalue weighted by atomic mass is 16.5. The van der Waals surface area contributed by atoms with Crippen LogP contribution in [0, 0.1) is 5.92 Å². The molecule has 0 saturated carbocycles. The maximum Gasteiger partial charge on any atom is 0.159 e. The first-order chi connectivity index (χ1) is 11.7. The third kappa shape index (κ3) is 3.58. The molecule has 1 unspecified atom stereocenters. The molecule has 130 valence electrons. The van der Waals surface area contributed by atoms with Crippen LogP contribution in [-0.4, -0.2) is 12.9 Å². The van der Waals surface area contributed by atoms with Crippen molar-refractivity contribution in [3.05, 3.63) is 40.5 Å². The van der Waals surface area contributed by atoms with Crippen LogP contribution >= 0.6 is 0 Å². The van der Waals surface area contributed by atoms with E-state index in [9.17, 15) is 4.79 Å². The Balaban J connectivity index is 1.67. The number of hydrogen-bond donors (Lipinski definition) is 0. The monoisotopic (exact) mass is 326 g/mol. The van der Waals surface area contributed by atoms with Crippen molar-refractivity contribution in [1.29, 1.82) is 0 Å². The third-order valence-corrected chi connectivity index (χ3v) is 5.71. The lowest BCUT2D eigenvalue weighted by molar-refractivity contribution is -0.115. The van der Waals surface area contributed by atoms with E-state index < -0.39 is 0 Å². The molecule has 1 aromatic rings. The molecule has 0 spiro atoms. The van der Waals surface area contributed by atoms with Gasteiger partial charge in [0.1, 0.15) is 5.75 Å². The first-order valence-electron chi connectivity index (χ1n) is 9.64. The largest absolute Gasteiger partial charge is 0.496 e. The zero-order valence-electron chi connectivity index (χ0n) is 15.2. The summed E-state index contributed by atoms with van der Waals surface area (Å²) in [6, 6.07) is 6.32. The Kier molecular flexibility index (Phi) is 5.76. The van der Waals surface area contributed by atoms with Gasteiger partial charge >= 0.3 is 0 Å². The average molecular weight is 326 g/mol. The first-order valence-corrected chi connectivity index (χ1v) is 9.64. The summed E-state index contributed by atoms with van der Waals surface area (Å²) >= 11 is 0. The van der Waals surface area contributed by atoms with E-state index in [-0.39, 0.29) is 0 Å². The predicted octanol–water partition coefficient (Wildman–Crippen LogP) is 5.43. The molecule has 1 atom stereocenters. The summed E-state index contributed by atoms with van der Waals surface area (Å²) in [6.45, 7) is 2.25. The second-order valence-electron chi connectivity index (χ2n) is 7.32. The minimum absolute atomic E-state index is 0.412. The molecule has 2 aliphatic rings. The van der Waals surface area contributed by atoms with Crippen LogP contribution in [0.2, 0.25) is 0 Å². The average Bonchev–Trinajstić information content (AvgIpc) is 2.90. The molecule has 2 nitrogen and oxygen atoms in total. The smallest absolute Gasteiger partial charge is 0.159 e. The van der Waals surface area contributed by atoms with Gasteiger partial charge in [0.25, 0.3) is 0 Å². The number of benzene rings is 1. The highest BCUT2D eigenvalue weighted by molar-refractivity contribution is 5.99. The quantitative estimate of drug-likeness (QED) is 0.595. The lowest BCUT2D eigenvalue weighted by atomic mass is 9.80. The predicted molar refractivity (Wildman–Crippen MR) is 98.5 cm³/mol. The summed E-state index contributed by atoms with van der Waals surface area (Å²) in [5.74, 6) is 1.83. The number of hydrogen-bond acceptors (Lipinski definition) is 2. The number of carbonyl (C=O) groups is 1. The Morgan fingerprint density at radius 2 is 1.88 bits per heavy atom. The molecule has 0 fully saturated rings. The van der Waals surface area contributed by atoms with Crippen LogP contribution in [0.3, 0.4) is 0 Å². The first kappa shape index (κ1) is 17.3. The highest BCUT2D eigenvalue weighted by Gasteiger charge is 2.35. The fourth-order valence-corrected chi connectivity index (χ4v) is 4.38. The van der Waals surface area contributed by atoms with Crippen molar-refractivity contribution in [1.82, 2.24) is 0 Å². The number of ether oxygens (including phenoxy) is 1. The minimum Gasteiger partial charge on any atom is -0.496 e. The van der Waals surface area contributed by atoms with Gasteiger partial charge in [0.15, 0.2) is 5.78 Å². The maximum absolute atomic E-state index is 12.5. The van der Waals surface area contributed by atoms with E-state index in [4.69, 9.17) is 4.74 Å². The van der Waals surface area contributed by atoms with Gasteiger partial charge in [0, 0.05) is 6.42 Å². The van der Waals surface area contributed by atoms with Crippen molar-refractivity contribution < 1.29 is 9.53 Å². The van der Waals surface area contributed by atoms with Crippen LogP contribution < -0.4 is 4.74 Å². The fourth-order valence-electron chi connectivity index (χ4n) is 4.38. The molecule has 0 aliphatic heterocycles. The van der Waals surface area contributed by atoms with Crippen molar-refractivity contribution in [2.75, 3.05) is 7.11 Å². The Bertz CT molecular complexity index is 627. The van der Waals surface area contributed by atoms with Crippen LogP contribution in [0.15, 0.2) is 29.3 Å². The number of rotatable bonds is 8. The van der Waals surface area contributed by atoms with Crippen molar-refractivity contribution >= 4 is 5.78 Å². The molecule has 2 aliphatic carbocycles. The number of carbonyl (C=O) groups excluding carboxylic acids is 1. The minimum atomic E-state index is 0.412. The standard InChI is InChI=1S/C22H30O2/c1-3-4-5-6-7-8-11-18-19-13-16-10-9-12-22(24-2)20(16)14-17(19)15-21(18)23/h9-10,12,17H,3-8,11,13-15H2,1-2H3. The van der Waals surface area contributed by atoms with Gasteiger partial charge in [-0.1, -0.05) is 56.7 Å². The van der Waals surface area contributed by atoms with Crippen molar-refractivity contribution in [2.24, 2.45) is 5.92 Å². The number of allylic oxidation sites excluding steroid dienone is 2. The Morgan fingerprint density at radius 3 is 2.67 bits per heavy atom. The molecular formula is C22H30O2. The van der Waals surface area contributed by atoms with Crippen LogP contribution in [-0.2, 0) is 17.6 Å². The van der Waals surface area contributed by atoms with E-state index in [1.165, 1.54) is 60.8 Å². The third-order valence-electron chi connectivity index (χ3n) is 5.71. The van der Waals surface area contributed by atoms with Gasteiger partial charge in [-0.25, -0.2) is 0 Å². The Morgan fingerprint density at radius 1 is 1.08 bits per heavy atom. The molecule has 0 N–H and O–H groups in total. The van der Waals surface area contributed by atoms with Crippen molar-refractivity contribution in [2.45, 2.75) is 71.1 Å². The summed E-state index contributed by atoms with van der Waals surface area (Å²) in [7, 11) is 1.74. The SMILES string of the molecule is CCCCCCCCC1=C2Cc3cccc(OC)c3CC2CC1=O. The molecule has 24 heavy (non-hydrogen) atoms. The van der Waals surface area contributed by atoms with E-state index >= 15 is 0 Å². The highest BCUT2D eigenvalue weighted by Crippen LogP contribution is 2.43. The topological polar surface area (TPSA) is 26.3 Å². The molecule has 0 saturated heterocycles. The van der Waals surface area contributed by atoms with Crippen LogP contribution in [0.25, 0.3) is 0 Å². The van der Waals surface area contributed by atoms with E-state index in [1.54, 1.807) is 7.11 Å². The van der Waals surface area contributed by atoms with E-state index in [2.05, 4.69) is 19.1 Å². The fraction of sp³-hybridized carbons (Fsp3) is 0.591. The van der Waals surface area contributed by atoms with Gasteiger partial charge in [-0.15, -0.1) is 0 Å². The lowest BCUT2D eigenvalue weighted by Crippen LogP contribution is -2.16. The van der Waals surface area contributed by atoms with E-state index in [1.807, 2.05) is 6.07 Å². The van der Waals surface area contributed by atoms with Gasteiger partial charge in [-0.3, -0.25) is 4.79 Å². The van der Waals surface area contributed by atoms with Gasteiger partial charge in [0.05, 0.1) is 7.11 Å². The summed E-state index contributed by atoms with van der Waals surface area (Å²) < 4.78 is 5.53. The molecule has 0 heterocycles. The van der Waals surface area contributed by atoms with Gasteiger partial charge in [-0.2, -0.15) is 0 Å². The van der Waals surface area contributed by atoms with Gasteiger partial charge in [-0.05, 0) is 54.4 Å². The molecule has 3 rings (SSSR count). The van der Waals surface area contributed by atoms with E-state index in [0.717, 1.165) is 31.4 Å². The summed E-state index contributed by atoms with van der Waals surface area (Å²) in [5, 5.41) is 0. The zero-order chi connectivity index (χ0) is 16.9. The van der Waals surface area contributed by atoms with Gasteiger partial charge in [0.2, 0.25) is 0 Å². The second kappa shape index (κ2) is 8.00. The number of Topliss-reactive ketones (excluding diaryl/α,β-unsaturated/α-hetero) is 1. The second-order valence-corrected chi connectivity index (χ2v) is 7.32. The van der Waals surface area contributed by atoms with Gasteiger partial charge < -0.3 is 4.74 Å². The molecule has 2 heteroatoms. The molecule has 0 amide bonds. The zero-order valence-corrected chi connectivity index (χ0v) is 15.2. The summed E-state index contributed by atoms with van der Waals surface area (Å²) in [4.78, 5) is 12.5.